The Bertz CT molecular complexity index is 502. The van der Waals surface area contributed by atoms with Gasteiger partial charge in [0, 0.05) is 31.7 Å². The van der Waals surface area contributed by atoms with Crippen LogP contribution in [0.25, 0.3) is 0 Å². The topological polar surface area (TPSA) is 53.0 Å². The fourth-order valence-electron chi connectivity index (χ4n) is 3.07. The van der Waals surface area contributed by atoms with Crippen LogP contribution in [0.5, 0.6) is 0 Å². The van der Waals surface area contributed by atoms with Gasteiger partial charge in [-0.15, -0.1) is 0 Å². The van der Waals surface area contributed by atoms with Gasteiger partial charge in [-0.05, 0) is 18.9 Å². The van der Waals surface area contributed by atoms with E-state index in [0.29, 0.717) is 26.2 Å². The summed E-state index contributed by atoms with van der Waals surface area (Å²) in [7, 11) is 0. The second kappa shape index (κ2) is 5.66. The van der Waals surface area contributed by atoms with Crippen molar-refractivity contribution >= 4 is 6.09 Å². The first kappa shape index (κ1) is 14.4. The molecular weight excluding hydrogens is 268 g/mol. The number of β-amino-alcohol motifs (C(OH)–C–C–N with tert-alkyl or cyclic N) is 1. The lowest BCUT2D eigenvalue weighted by atomic mass is 9.94. The number of amides is 1. The molecule has 2 aliphatic rings. The number of rotatable bonds is 3. The summed E-state index contributed by atoms with van der Waals surface area (Å²) in [5.41, 5.74) is 0.976. The van der Waals surface area contributed by atoms with Gasteiger partial charge in [-0.1, -0.05) is 30.3 Å². The molecular formula is C16H22N2O3. The summed E-state index contributed by atoms with van der Waals surface area (Å²) in [6.07, 6.45) is 0.477. The predicted molar refractivity (Wildman–Crippen MR) is 78.8 cm³/mol. The third kappa shape index (κ3) is 3.04. The van der Waals surface area contributed by atoms with Gasteiger partial charge in [0.25, 0.3) is 0 Å². The molecule has 2 aliphatic heterocycles. The van der Waals surface area contributed by atoms with E-state index in [2.05, 4.69) is 11.8 Å². The van der Waals surface area contributed by atoms with Crippen LogP contribution in [-0.4, -0.2) is 58.8 Å². The standard InChI is InChI=1S/C16H22N2O3/c1-16(18-9-14(19)10-18)7-8-17(12-16)15(20)21-11-13-5-3-2-4-6-13/h2-6,14,19H,7-12H2,1H3. The molecule has 114 valence electrons. The first-order valence-corrected chi connectivity index (χ1v) is 7.46. The quantitative estimate of drug-likeness (QED) is 0.916. The number of likely N-dealkylation sites (tertiary alicyclic amines) is 2. The molecule has 21 heavy (non-hydrogen) atoms. The van der Waals surface area contributed by atoms with Crippen LogP contribution >= 0.6 is 0 Å². The van der Waals surface area contributed by atoms with Crippen LogP contribution < -0.4 is 0 Å². The first-order valence-electron chi connectivity index (χ1n) is 7.46. The molecule has 1 N–H and O–H groups in total. The fourth-order valence-corrected chi connectivity index (χ4v) is 3.07. The van der Waals surface area contributed by atoms with Crippen molar-refractivity contribution < 1.29 is 14.6 Å². The van der Waals surface area contributed by atoms with Gasteiger partial charge in [0.1, 0.15) is 6.61 Å². The van der Waals surface area contributed by atoms with E-state index in [0.717, 1.165) is 18.5 Å². The van der Waals surface area contributed by atoms with Crippen molar-refractivity contribution in [1.29, 1.82) is 0 Å². The molecule has 1 aromatic carbocycles. The highest BCUT2D eigenvalue weighted by Crippen LogP contribution is 2.31. The van der Waals surface area contributed by atoms with Gasteiger partial charge in [0.05, 0.1) is 6.10 Å². The van der Waals surface area contributed by atoms with Gasteiger partial charge in [-0.3, -0.25) is 4.90 Å². The minimum absolute atomic E-state index is 0.0228. The summed E-state index contributed by atoms with van der Waals surface area (Å²) in [5.74, 6) is 0. The Morgan fingerprint density at radius 3 is 2.76 bits per heavy atom. The number of ether oxygens (including phenoxy) is 1. The molecule has 0 aromatic heterocycles. The van der Waals surface area contributed by atoms with Gasteiger partial charge in [-0.25, -0.2) is 4.79 Å². The number of aliphatic hydroxyl groups is 1. The maximum absolute atomic E-state index is 12.1. The Morgan fingerprint density at radius 1 is 1.38 bits per heavy atom. The predicted octanol–water partition coefficient (Wildman–Crippen LogP) is 1.46. The minimum Gasteiger partial charge on any atom is -0.445 e. The Labute approximate surface area is 125 Å². The molecule has 3 rings (SSSR count). The zero-order valence-electron chi connectivity index (χ0n) is 12.4. The van der Waals surface area contributed by atoms with Crippen molar-refractivity contribution in [3.63, 3.8) is 0 Å². The lowest BCUT2D eigenvalue weighted by Crippen LogP contribution is -2.62. The van der Waals surface area contributed by atoms with Crippen LogP contribution in [0.15, 0.2) is 30.3 Å². The average Bonchev–Trinajstić information content (AvgIpc) is 2.86. The van der Waals surface area contributed by atoms with Gasteiger partial charge < -0.3 is 14.7 Å². The summed E-state index contributed by atoms with van der Waals surface area (Å²) in [5, 5.41) is 9.43. The Balaban J connectivity index is 1.50. The largest absolute Gasteiger partial charge is 0.445 e. The summed E-state index contributed by atoms with van der Waals surface area (Å²) < 4.78 is 5.38. The van der Waals surface area contributed by atoms with E-state index in [1.807, 2.05) is 30.3 Å². The van der Waals surface area contributed by atoms with Crippen molar-refractivity contribution in [3.8, 4) is 0 Å². The maximum atomic E-state index is 12.1. The molecule has 2 fully saturated rings. The van der Waals surface area contributed by atoms with E-state index >= 15 is 0 Å². The molecule has 5 nitrogen and oxygen atoms in total. The van der Waals surface area contributed by atoms with Crippen LogP contribution in [0, 0.1) is 0 Å². The number of carbonyl (C=O) groups is 1. The van der Waals surface area contributed by atoms with Gasteiger partial charge in [-0.2, -0.15) is 0 Å². The van der Waals surface area contributed by atoms with E-state index in [1.165, 1.54) is 0 Å². The maximum Gasteiger partial charge on any atom is 0.410 e. The molecule has 0 radical (unpaired) electrons. The fraction of sp³-hybridized carbons (Fsp3) is 0.562. The second-order valence-corrected chi connectivity index (χ2v) is 6.27. The van der Waals surface area contributed by atoms with Gasteiger partial charge in [0.15, 0.2) is 0 Å². The molecule has 1 atom stereocenters. The van der Waals surface area contributed by atoms with E-state index in [-0.39, 0.29) is 17.7 Å². The molecule has 0 spiro atoms. The minimum atomic E-state index is -0.247. The third-order valence-electron chi connectivity index (χ3n) is 4.54. The number of hydrogen-bond donors (Lipinski definition) is 1. The number of carbonyl (C=O) groups excluding carboxylic acids is 1. The lowest BCUT2D eigenvalue weighted by molar-refractivity contribution is -0.0572. The van der Waals surface area contributed by atoms with Crippen LogP contribution in [-0.2, 0) is 11.3 Å². The molecule has 1 amide bonds. The number of aliphatic hydroxyl groups excluding tert-OH is 1. The monoisotopic (exact) mass is 290 g/mol. The third-order valence-corrected chi connectivity index (χ3v) is 4.54. The molecule has 0 saturated carbocycles. The number of benzene rings is 1. The molecule has 2 saturated heterocycles. The Morgan fingerprint density at radius 2 is 2.10 bits per heavy atom. The van der Waals surface area contributed by atoms with Crippen molar-refractivity contribution in [2.75, 3.05) is 26.2 Å². The molecule has 0 bridgehead atoms. The summed E-state index contributed by atoms with van der Waals surface area (Å²) in [6.45, 7) is 5.29. The normalized spacial score (nSPS) is 26.7. The smallest absolute Gasteiger partial charge is 0.410 e. The van der Waals surface area contributed by atoms with Crippen LogP contribution in [0.2, 0.25) is 0 Å². The number of hydrogen-bond acceptors (Lipinski definition) is 4. The molecule has 0 aliphatic carbocycles. The highest BCUT2D eigenvalue weighted by atomic mass is 16.6. The summed E-state index contributed by atoms with van der Waals surface area (Å²) >= 11 is 0. The van der Waals surface area contributed by atoms with Crippen molar-refractivity contribution in [2.45, 2.75) is 31.6 Å². The zero-order chi connectivity index (χ0) is 14.9. The lowest BCUT2D eigenvalue weighted by Gasteiger charge is -2.47. The van der Waals surface area contributed by atoms with Gasteiger partial charge in [0.2, 0.25) is 0 Å². The summed E-state index contributed by atoms with van der Waals surface area (Å²) in [6, 6.07) is 9.71. The summed E-state index contributed by atoms with van der Waals surface area (Å²) in [4.78, 5) is 16.2. The molecule has 1 unspecified atom stereocenters. The Hall–Kier alpha value is -1.59. The molecule has 2 heterocycles. The van der Waals surface area contributed by atoms with E-state index in [1.54, 1.807) is 4.90 Å². The van der Waals surface area contributed by atoms with Crippen LogP contribution in [0.4, 0.5) is 4.79 Å². The van der Waals surface area contributed by atoms with Crippen molar-refractivity contribution in [2.24, 2.45) is 0 Å². The zero-order valence-corrected chi connectivity index (χ0v) is 12.4. The number of nitrogens with zero attached hydrogens (tertiary/aromatic N) is 2. The highest BCUT2D eigenvalue weighted by Gasteiger charge is 2.45. The first-order chi connectivity index (χ1) is 10.1. The second-order valence-electron chi connectivity index (χ2n) is 6.27. The van der Waals surface area contributed by atoms with Crippen molar-refractivity contribution in [3.05, 3.63) is 35.9 Å². The van der Waals surface area contributed by atoms with E-state index in [9.17, 15) is 9.90 Å². The molecule has 5 heteroatoms. The van der Waals surface area contributed by atoms with E-state index < -0.39 is 0 Å². The van der Waals surface area contributed by atoms with E-state index in [4.69, 9.17) is 4.74 Å². The Kier molecular flexibility index (Phi) is 3.87. The molecule has 1 aromatic rings. The van der Waals surface area contributed by atoms with Crippen LogP contribution in [0.1, 0.15) is 18.9 Å². The highest BCUT2D eigenvalue weighted by molar-refractivity contribution is 5.68. The SMILES string of the molecule is CC1(N2CC(O)C2)CCN(C(=O)OCc2ccccc2)C1. The van der Waals surface area contributed by atoms with Crippen LogP contribution in [0.3, 0.4) is 0 Å². The van der Waals surface area contributed by atoms with Gasteiger partial charge >= 0.3 is 6.09 Å². The van der Waals surface area contributed by atoms with Crippen molar-refractivity contribution in [1.82, 2.24) is 9.80 Å². The average molecular weight is 290 g/mol.